The van der Waals surface area contributed by atoms with Crippen molar-refractivity contribution in [1.29, 1.82) is 0 Å². The van der Waals surface area contributed by atoms with Crippen LogP contribution >= 0.6 is 0 Å². The van der Waals surface area contributed by atoms with Gasteiger partial charge in [-0.3, -0.25) is 4.79 Å². The second kappa shape index (κ2) is 6.91. The van der Waals surface area contributed by atoms with Crippen LogP contribution in [0.4, 0.5) is 5.69 Å². The fourth-order valence-corrected chi connectivity index (χ4v) is 1.65. The number of hydrogen-bond donors (Lipinski definition) is 1. The van der Waals surface area contributed by atoms with E-state index in [1.54, 1.807) is 12.0 Å². The van der Waals surface area contributed by atoms with Gasteiger partial charge in [0.05, 0.1) is 13.0 Å². The minimum Gasteiger partial charge on any atom is -0.399 e. The zero-order valence-electron chi connectivity index (χ0n) is 10.5. The van der Waals surface area contributed by atoms with E-state index in [2.05, 4.69) is 0 Å². The third-order valence-corrected chi connectivity index (χ3v) is 2.61. The number of hydrogen-bond acceptors (Lipinski definition) is 3. The summed E-state index contributed by atoms with van der Waals surface area (Å²) >= 11 is 0. The molecule has 94 valence electrons. The molecule has 4 heteroatoms. The smallest absolute Gasteiger partial charge is 0.227 e. The second-order valence-corrected chi connectivity index (χ2v) is 3.89. The molecular weight excluding hydrogens is 216 g/mol. The number of carbonyl (C=O) groups excluding carboxylic acids is 1. The van der Waals surface area contributed by atoms with Gasteiger partial charge in [0.25, 0.3) is 0 Å². The highest BCUT2D eigenvalue weighted by molar-refractivity contribution is 5.79. The number of likely N-dealkylation sites (N-methyl/N-ethyl adjacent to an activating group) is 1. The first-order valence-corrected chi connectivity index (χ1v) is 5.78. The maximum Gasteiger partial charge on any atom is 0.227 e. The highest BCUT2D eigenvalue weighted by Gasteiger charge is 2.11. The van der Waals surface area contributed by atoms with Crippen LogP contribution in [0.25, 0.3) is 0 Å². The third kappa shape index (κ3) is 4.44. The van der Waals surface area contributed by atoms with Crippen LogP contribution in [-0.4, -0.2) is 37.6 Å². The fourth-order valence-electron chi connectivity index (χ4n) is 1.65. The molecule has 0 aliphatic carbocycles. The Balaban J connectivity index is 2.57. The molecule has 0 aliphatic rings. The molecular formula is C13H20N2O2. The predicted octanol–water partition coefficient (Wildman–Crippen LogP) is 1.31. The number of nitrogen functional groups attached to an aromatic ring is 1. The van der Waals surface area contributed by atoms with Crippen LogP contribution in [0.1, 0.15) is 12.5 Å². The van der Waals surface area contributed by atoms with Gasteiger partial charge in [-0.2, -0.15) is 0 Å². The third-order valence-electron chi connectivity index (χ3n) is 2.61. The Morgan fingerprint density at radius 3 is 2.82 bits per heavy atom. The summed E-state index contributed by atoms with van der Waals surface area (Å²) in [5.41, 5.74) is 7.32. The molecule has 0 aliphatic heterocycles. The number of amides is 1. The number of carbonyl (C=O) groups is 1. The minimum absolute atomic E-state index is 0.107. The number of nitrogens with two attached hydrogens (primary N) is 1. The lowest BCUT2D eigenvalue weighted by molar-refractivity contribution is -0.130. The van der Waals surface area contributed by atoms with Gasteiger partial charge in [0, 0.05) is 25.9 Å². The highest BCUT2D eigenvalue weighted by Crippen LogP contribution is 2.08. The Morgan fingerprint density at radius 2 is 2.24 bits per heavy atom. The number of benzene rings is 1. The molecule has 0 spiro atoms. The maximum absolute atomic E-state index is 12.0. The molecule has 4 nitrogen and oxygen atoms in total. The Morgan fingerprint density at radius 1 is 1.47 bits per heavy atom. The van der Waals surface area contributed by atoms with Crippen LogP contribution in [-0.2, 0) is 16.0 Å². The van der Waals surface area contributed by atoms with Crippen LogP contribution < -0.4 is 5.73 Å². The summed E-state index contributed by atoms with van der Waals surface area (Å²) in [6.45, 7) is 3.86. The van der Waals surface area contributed by atoms with E-state index in [4.69, 9.17) is 10.5 Å². The zero-order valence-corrected chi connectivity index (χ0v) is 10.5. The van der Waals surface area contributed by atoms with Crippen molar-refractivity contribution in [2.45, 2.75) is 13.3 Å². The number of ether oxygens (including phenoxy) is 1. The summed E-state index contributed by atoms with van der Waals surface area (Å²) < 4.78 is 4.98. The molecule has 0 atom stereocenters. The van der Waals surface area contributed by atoms with E-state index in [0.717, 1.165) is 5.56 Å². The van der Waals surface area contributed by atoms with Gasteiger partial charge in [-0.15, -0.1) is 0 Å². The van der Waals surface area contributed by atoms with E-state index in [0.29, 0.717) is 31.8 Å². The Labute approximate surface area is 102 Å². The Kier molecular flexibility index (Phi) is 5.49. The van der Waals surface area contributed by atoms with Gasteiger partial charge in [0.1, 0.15) is 0 Å². The number of anilines is 1. The summed E-state index contributed by atoms with van der Waals surface area (Å²) in [4.78, 5) is 13.8. The predicted molar refractivity (Wildman–Crippen MR) is 68.7 cm³/mol. The van der Waals surface area contributed by atoms with Gasteiger partial charge in [-0.1, -0.05) is 12.1 Å². The average molecular weight is 236 g/mol. The molecule has 0 aromatic heterocycles. The second-order valence-electron chi connectivity index (χ2n) is 3.89. The van der Waals surface area contributed by atoms with Crippen molar-refractivity contribution in [2.75, 3.05) is 32.5 Å². The van der Waals surface area contributed by atoms with Crippen molar-refractivity contribution in [2.24, 2.45) is 0 Å². The Bertz CT molecular complexity index is 366. The van der Waals surface area contributed by atoms with Crippen molar-refractivity contribution < 1.29 is 9.53 Å². The minimum atomic E-state index is 0.107. The lowest BCUT2D eigenvalue weighted by atomic mass is 10.1. The van der Waals surface area contributed by atoms with Crippen molar-refractivity contribution in [3.8, 4) is 0 Å². The highest BCUT2D eigenvalue weighted by atomic mass is 16.5. The molecule has 0 heterocycles. The zero-order chi connectivity index (χ0) is 12.7. The van der Waals surface area contributed by atoms with Gasteiger partial charge >= 0.3 is 0 Å². The molecule has 1 rings (SSSR count). The quantitative estimate of drug-likeness (QED) is 0.758. The molecule has 0 fully saturated rings. The van der Waals surface area contributed by atoms with Crippen molar-refractivity contribution in [3.63, 3.8) is 0 Å². The van der Waals surface area contributed by atoms with E-state index in [-0.39, 0.29) is 5.91 Å². The van der Waals surface area contributed by atoms with Crippen molar-refractivity contribution >= 4 is 11.6 Å². The van der Waals surface area contributed by atoms with Gasteiger partial charge in [0.2, 0.25) is 5.91 Å². The van der Waals surface area contributed by atoms with Crippen molar-refractivity contribution in [1.82, 2.24) is 4.90 Å². The van der Waals surface area contributed by atoms with Gasteiger partial charge in [0.15, 0.2) is 0 Å². The van der Waals surface area contributed by atoms with Gasteiger partial charge in [-0.05, 0) is 24.6 Å². The molecule has 0 saturated carbocycles. The SMILES string of the molecule is CCN(CCOC)C(=O)Cc1cccc(N)c1. The average Bonchev–Trinajstić information content (AvgIpc) is 2.30. The first-order chi connectivity index (χ1) is 8.17. The first-order valence-electron chi connectivity index (χ1n) is 5.78. The summed E-state index contributed by atoms with van der Waals surface area (Å²) in [6.07, 6.45) is 0.391. The van der Waals surface area contributed by atoms with Crippen LogP contribution in [0.3, 0.4) is 0 Å². The molecule has 0 saturated heterocycles. The number of rotatable bonds is 6. The lowest BCUT2D eigenvalue weighted by Crippen LogP contribution is -2.34. The van der Waals surface area contributed by atoms with Crippen LogP contribution in [0.15, 0.2) is 24.3 Å². The molecule has 0 bridgehead atoms. The number of methoxy groups -OCH3 is 1. The van der Waals surface area contributed by atoms with Gasteiger partial charge in [-0.25, -0.2) is 0 Å². The summed E-state index contributed by atoms with van der Waals surface area (Å²) in [5, 5.41) is 0. The van der Waals surface area contributed by atoms with E-state index < -0.39 is 0 Å². The van der Waals surface area contributed by atoms with Crippen molar-refractivity contribution in [3.05, 3.63) is 29.8 Å². The topological polar surface area (TPSA) is 55.6 Å². The molecule has 1 aromatic carbocycles. The molecule has 0 radical (unpaired) electrons. The van der Waals surface area contributed by atoms with E-state index in [9.17, 15) is 4.79 Å². The molecule has 1 aromatic rings. The number of nitrogens with zero attached hydrogens (tertiary/aromatic N) is 1. The maximum atomic E-state index is 12.0. The van der Waals surface area contributed by atoms with E-state index >= 15 is 0 Å². The Hall–Kier alpha value is -1.55. The fraction of sp³-hybridized carbons (Fsp3) is 0.462. The van der Waals surface area contributed by atoms with E-state index in [1.165, 1.54) is 0 Å². The summed E-state index contributed by atoms with van der Waals surface area (Å²) in [5.74, 6) is 0.107. The first kappa shape index (κ1) is 13.5. The molecule has 2 N–H and O–H groups in total. The van der Waals surface area contributed by atoms with Crippen LogP contribution in [0, 0.1) is 0 Å². The van der Waals surface area contributed by atoms with Gasteiger partial charge < -0.3 is 15.4 Å². The summed E-state index contributed by atoms with van der Waals surface area (Å²) in [6, 6.07) is 7.43. The largest absolute Gasteiger partial charge is 0.399 e. The molecule has 17 heavy (non-hydrogen) atoms. The van der Waals surface area contributed by atoms with E-state index in [1.807, 2.05) is 31.2 Å². The summed E-state index contributed by atoms with van der Waals surface area (Å²) in [7, 11) is 1.64. The standard InChI is InChI=1S/C13H20N2O2/c1-3-15(7-8-17-2)13(16)10-11-5-4-6-12(14)9-11/h4-6,9H,3,7-8,10,14H2,1-2H3. The normalized spacial score (nSPS) is 10.2. The molecule has 0 unspecified atom stereocenters. The van der Waals surface area contributed by atoms with Crippen LogP contribution in [0.5, 0.6) is 0 Å². The van der Waals surface area contributed by atoms with Crippen LogP contribution in [0.2, 0.25) is 0 Å². The monoisotopic (exact) mass is 236 g/mol. The molecule has 1 amide bonds. The lowest BCUT2D eigenvalue weighted by Gasteiger charge is -2.20.